The normalized spacial score (nSPS) is 24.5. The first kappa shape index (κ1) is 18.7. The van der Waals surface area contributed by atoms with Gasteiger partial charge in [-0.2, -0.15) is 4.98 Å². The zero-order valence-corrected chi connectivity index (χ0v) is 16.8. The third kappa shape index (κ3) is 3.83. The Morgan fingerprint density at radius 2 is 2.00 bits per heavy atom. The molecule has 2 atom stereocenters. The Bertz CT molecular complexity index is 848. The highest BCUT2D eigenvalue weighted by molar-refractivity contribution is 7.96. The van der Waals surface area contributed by atoms with Gasteiger partial charge >= 0.3 is 0 Å². The number of piperidine rings is 1. The highest BCUT2D eigenvalue weighted by Gasteiger charge is 2.29. The quantitative estimate of drug-likeness (QED) is 0.761. The Morgan fingerprint density at radius 3 is 2.74 bits per heavy atom. The third-order valence-corrected chi connectivity index (χ3v) is 6.78. The van der Waals surface area contributed by atoms with E-state index in [-0.39, 0.29) is 11.6 Å². The van der Waals surface area contributed by atoms with Crippen LogP contribution in [0.3, 0.4) is 0 Å². The van der Waals surface area contributed by atoms with Gasteiger partial charge in [0.25, 0.3) is 5.56 Å². The fourth-order valence-electron chi connectivity index (χ4n) is 4.38. The molecule has 0 aromatic carbocycles. The topological polar surface area (TPSA) is 75.1 Å². The number of aromatic nitrogens is 3. The number of hydrogen-bond acceptors (Lipinski definition) is 7. The molecule has 0 amide bonds. The molecule has 0 spiro atoms. The molecule has 2 aromatic heterocycles. The van der Waals surface area contributed by atoms with Gasteiger partial charge in [-0.1, -0.05) is 11.9 Å². The summed E-state index contributed by atoms with van der Waals surface area (Å²) in [6, 6.07) is 4.32. The molecule has 4 rings (SSSR count). The van der Waals surface area contributed by atoms with Gasteiger partial charge in [0.15, 0.2) is 0 Å². The summed E-state index contributed by atoms with van der Waals surface area (Å²) in [5, 5.41) is 7.78. The molecule has 2 N–H and O–H groups in total. The molecule has 2 unspecified atom stereocenters. The van der Waals surface area contributed by atoms with Crippen LogP contribution in [0.25, 0.3) is 11.0 Å². The third-order valence-electron chi connectivity index (χ3n) is 5.89. The first-order valence-electron chi connectivity index (χ1n) is 9.80. The van der Waals surface area contributed by atoms with E-state index in [1.54, 1.807) is 18.0 Å². The molecule has 146 valence electrons. The summed E-state index contributed by atoms with van der Waals surface area (Å²) >= 11 is 1.81. The molecule has 7 nitrogen and oxygen atoms in total. The van der Waals surface area contributed by atoms with Gasteiger partial charge in [-0.15, -0.1) is 0 Å². The average Bonchev–Trinajstić information content (AvgIpc) is 3.16. The van der Waals surface area contributed by atoms with Crippen LogP contribution in [-0.2, 0) is 0 Å². The summed E-state index contributed by atoms with van der Waals surface area (Å²) in [6.07, 6.45) is 9.34. The summed E-state index contributed by atoms with van der Waals surface area (Å²) in [7, 11) is 1.97. The second-order valence-electron chi connectivity index (χ2n) is 7.44. The van der Waals surface area contributed by atoms with Gasteiger partial charge in [0, 0.05) is 42.8 Å². The Morgan fingerprint density at radius 1 is 1.19 bits per heavy atom. The first-order chi connectivity index (χ1) is 13.2. The van der Waals surface area contributed by atoms with E-state index in [1.165, 1.54) is 0 Å². The number of pyridine rings is 1. The monoisotopic (exact) mass is 388 g/mol. The lowest BCUT2D eigenvalue weighted by molar-refractivity contribution is 0.358. The summed E-state index contributed by atoms with van der Waals surface area (Å²) in [5.74, 6) is 0.628. The van der Waals surface area contributed by atoms with Gasteiger partial charge in [-0.05, 0) is 51.5 Å². The molecule has 1 saturated carbocycles. The van der Waals surface area contributed by atoms with Crippen LogP contribution in [0, 0.1) is 0 Å². The van der Waals surface area contributed by atoms with Crippen molar-refractivity contribution >= 4 is 28.9 Å². The molecule has 1 saturated heterocycles. The van der Waals surface area contributed by atoms with Crippen molar-refractivity contribution in [2.24, 2.45) is 0 Å². The molecule has 3 heterocycles. The number of fused-ring (bicyclic) bond motifs is 1. The van der Waals surface area contributed by atoms with E-state index in [1.807, 2.05) is 23.9 Å². The fraction of sp³-hybridized carbons (Fsp3) is 0.632. The maximum atomic E-state index is 12.7. The Kier molecular flexibility index (Phi) is 5.66. The lowest BCUT2D eigenvalue weighted by Gasteiger charge is -2.30. The molecular weight excluding hydrogens is 360 g/mol. The van der Waals surface area contributed by atoms with Crippen LogP contribution in [0.4, 0.5) is 5.95 Å². The van der Waals surface area contributed by atoms with Crippen LogP contribution in [-0.4, -0.2) is 57.3 Å². The van der Waals surface area contributed by atoms with Crippen molar-refractivity contribution < 1.29 is 0 Å². The largest absolute Gasteiger partial charge is 0.351 e. The number of rotatable bonds is 5. The van der Waals surface area contributed by atoms with Gasteiger partial charge in [0.1, 0.15) is 5.65 Å². The molecule has 2 aliphatic rings. The number of hydrogen-bond donors (Lipinski definition) is 2. The molecule has 1 aliphatic heterocycles. The lowest BCUT2D eigenvalue weighted by atomic mass is 10.1. The van der Waals surface area contributed by atoms with Gasteiger partial charge in [0.05, 0.1) is 6.04 Å². The maximum Gasteiger partial charge on any atom is 0.252 e. The smallest absolute Gasteiger partial charge is 0.252 e. The van der Waals surface area contributed by atoms with Crippen molar-refractivity contribution in [3.63, 3.8) is 0 Å². The Balaban J connectivity index is 1.63. The van der Waals surface area contributed by atoms with Crippen molar-refractivity contribution in [1.82, 2.24) is 24.2 Å². The van der Waals surface area contributed by atoms with E-state index >= 15 is 0 Å². The summed E-state index contributed by atoms with van der Waals surface area (Å²) < 4.78 is 4.27. The van der Waals surface area contributed by atoms with Crippen LogP contribution in [0.15, 0.2) is 23.1 Å². The van der Waals surface area contributed by atoms with Crippen LogP contribution in [0.2, 0.25) is 0 Å². The predicted molar refractivity (Wildman–Crippen MR) is 111 cm³/mol. The minimum atomic E-state index is 0.0209. The van der Waals surface area contributed by atoms with Gasteiger partial charge in [-0.25, -0.2) is 4.98 Å². The number of nitrogens with one attached hydrogen (secondary N) is 2. The second kappa shape index (κ2) is 8.16. The minimum absolute atomic E-state index is 0.0209. The molecule has 0 bridgehead atoms. The fourth-order valence-corrected chi connectivity index (χ4v) is 4.96. The molecule has 1 aliphatic carbocycles. The van der Waals surface area contributed by atoms with Crippen LogP contribution in [0.5, 0.6) is 0 Å². The van der Waals surface area contributed by atoms with Crippen molar-refractivity contribution in [2.75, 3.05) is 31.7 Å². The molecular formula is C19H28N6OS. The number of likely N-dealkylation sites (N-methyl/N-ethyl adjacent to an activating group) is 1. The highest BCUT2D eigenvalue weighted by Crippen LogP contribution is 2.31. The second-order valence-corrected chi connectivity index (χ2v) is 8.32. The summed E-state index contributed by atoms with van der Waals surface area (Å²) in [4.78, 5) is 22.0. The zero-order chi connectivity index (χ0) is 18.8. The number of nitrogens with zero attached hydrogens (tertiary/aromatic N) is 4. The molecule has 8 heteroatoms. The van der Waals surface area contributed by atoms with E-state index in [0.717, 1.165) is 56.2 Å². The van der Waals surface area contributed by atoms with Gasteiger partial charge in [-0.3, -0.25) is 13.7 Å². The van der Waals surface area contributed by atoms with Gasteiger partial charge < -0.3 is 10.6 Å². The highest BCUT2D eigenvalue weighted by atomic mass is 32.2. The molecule has 27 heavy (non-hydrogen) atoms. The van der Waals surface area contributed by atoms with Gasteiger partial charge in [0.2, 0.25) is 5.95 Å². The van der Waals surface area contributed by atoms with E-state index in [4.69, 9.17) is 4.98 Å². The van der Waals surface area contributed by atoms with E-state index in [0.29, 0.717) is 18.0 Å². The first-order valence-corrected chi connectivity index (χ1v) is 11.0. The Hall–Kier alpha value is -1.64. The molecule has 2 aromatic rings. The van der Waals surface area contributed by atoms with Crippen LogP contribution < -0.4 is 16.2 Å². The van der Waals surface area contributed by atoms with E-state index in [9.17, 15) is 4.79 Å². The van der Waals surface area contributed by atoms with Crippen LogP contribution in [0.1, 0.15) is 38.1 Å². The van der Waals surface area contributed by atoms with Crippen molar-refractivity contribution in [2.45, 2.75) is 50.2 Å². The number of anilines is 1. The molecule has 0 radical (unpaired) electrons. The van der Waals surface area contributed by atoms with Crippen molar-refractivity contribution in [3.8, 4) is 0 Å². The summed E-state index contributed by atoms with van der Waals surface area (Å²) in [5.41, 5.74) is 0.765. The average molecular weight is 389 g/mol. The molecule has 2 fully saturated rings. The SMILES string of the molecule is CNC1CCCC1n1c(=O)ccc2cnc(NC3CCN(SC)CC3)nc21. The van der Waals surface area contributed by atoms with Crippen LogP contribution >= 0.6 is 11.9 Å². The zero-order valence-electron chi connectivity index (χ0n) is 16.0. The lowest BCUT2D eigenvalue weighted by Crippen LogP contribution is -2.37. The van der Waals surface area contributed by atoms with Crippen molar-refractivity contribution in [1.29, 1.82) is 0 Å². The minimum Gasteiger partial charge on any atom is -0.351 e. The Labute approximate surface area is 164 Å². The van der Waals surface area contributed by atoms with E-state index in [2.05, 4.69) is 26.2 Å². The maximum absolute atomic E-state index is 12.7. The van der Waals surface area contributed by atoms with Crippen molar-refractivity contribution in [3.05, 3.63) is 28.7 Å². The standard InChI is InChI=1S/C19H28N6OS/c1-20-15-4-3-5-16(15)25-17(26)7-6-13-12-21-19(23-18(13)25)22-14-8-10-24(27-2)11-9-14/h6-7,12,14-16,20H,3-5,8-11H2,1-2H3,(H,21,22,23). The predicted octanol–water partition coefficient (Wildman–Crippen LogP) is 2.26. The van der Waals surface area contributed by atoms with E-state index < -0.39 is 0 Å². The summed E-state index contributed by atoms with van der Waals surface area (Å²) in [6.45, 7) is 2.14.